The fourth-order valence-electron chi connectivity index (χ4n) is 2.76. The van der Waals surface area contributed by atoms with Crippen LogP contribution in [0.2, 0.25) is 0 Å². The van der Waals surface area contributed by atoms with Gasteiger partial charge in [-0.2, -0.15) is 5.26 Å². The van der Waals surface area contributed by atoms with E-state index >= 15 is 0 Å². The third-order valence-electron chi connectivity index (χ3n) is 4.21. The molecular weight excluding hydrogens is 332 g/mol. The second kappa shape index (κ2) is 7.91. The van der Waals surface area contributed by atoms with Crippen LogP contribution in [-0.4, -0.2) is 24.2 Å². The lowest BCUT2D eigenvalue weighted by Gasteiger charge is -2.26. The van der Waals surface area contributed by atoms with Crippen LogP contribution in [0, 0.1) is 11.3 Å². The van der Waals surface area contributed by atoms with Crippen molar-refractivity contribution < 1.29 is 19.1 Å². The lowest BCUT2D eigenvalue weighted by Crippen LogP contribution is -2.51. The van der Waals surface area contributed by atoms with Gasteiger partial charge < -0.3 is 9.47 Å². The number of rotatable bonds is 5. The SMILES string of the molecule is N#Cc1ccc(C(=O)OC(=O)[C@]2(OCc3ccccc3)CCCN2)cc1. The Morgan fingerprint density at radius 2 is 1.85 bits per heavy atom. The summed E-state index contributed by atoms with van der Waals surface area (Å²) in [5.74, 6) is -1.52. The first-order valence-electron chi connectivity index (χ1n) is 8.33. The lowest BCUT2D eigenvalue weighted by molar-refractivity contribution is -0.171. The number of nitrogens with zero attached hydrogens (tertiary/aromatic N) is 1. The van der Waals surface area contributed by atoms with Gasteiger partial charge >= 0.3 is 11.9 Å². The molecule has 1 heterocycles. The Morgan fingerprint density at radius 3 is 2.46 bits per heavy atom. The number of carbonyl (C=O) groups excluding carboxylic acids is 2. The molecule has 0 radical (unpaired) electrons. The van der Waals surface area contributed by atoms with Crippen LogP contribution in [0.15, 0.2) is 54.6 Å². The van der Waals surface area contributed by atoms with Crippen LogP contribution in [0.3, 0.4) is 0 Å². The Bertz CT molecular complexity index is 819. The third kappa shape index (κ3) is 3.97. The zero-order valence-corrected chi connectivity index (χ0v) is 14.1. The van der Waals surface area contributed by atoms with Crippen LogP contribution in [-0.2, 0) is 20.9 Å². The Labute approximate surface area is 151 Å². The van der Waals surface area contributed by atoms with E-state index in [1.807, 2.05) is 36.4 Å². The molecule has 0 aromatic heterocycles. The summed E-state index contributed by atoms with van der Waals surface area (Å²) in [6.07, 6.45) is 1.17. The summed E-state index contributed by atoms with van der Waals surface area (Å²) in [6, 6.07) is 17.3. The standard InChI is InChI=1S/C20H18N2O4/c21-13-15-7-9-17(10-8-15)18(23)26-19(24)20(11-4-12-22-20)25-14-16-5-2-1-3-6-16/h1-3,5-10,22H,4,11-12,14H2/t20-/m1/s1. The smallest absolute Gasteiger partial charge is 0.361 e. The number of ether oxygens (including phenoxy) is 2. The average molecular weight is 350 g/mol. The van der Waals surface area contributed by atoms with Crippen molar-refractivity contribution in [3.8, 4) is 6.07 Å². The Kier molecular flexibility index (Phi) is 5.42. The van der Waals surface area contributed by atoms with E-state index in [0.717, 1.165) is 12.0 Å². The molecule has 6 nitrogen and oxygen atoms in total. The number of nitrogens with one attached hydrogen (secondary N) is 1. The van der Waals surface area contributed by atoms with Crippen molar-refractivity contribution in [3.05, 3.63) is 71.3 Å². The van der Waals surface area contributed by atoms with E-state index in [1.165, 1.54) is 24.3 Å². The molecule has 1 saturated heterocycles. The summed E-state index contributed by atoms with van der Waals surface area (Å²) in [4.78, 5) is 24.8. The van der Waals surface area contributed by atoms with Crippen molar-refractivity contribution in [2.24, 2.45) is 0 Å². The van der Waals surface area contributed by atoms with Gasteiger partial charge in [0, 0.05) is 6.42 Å². The predicted octanol–water partition coefficient (Wildman–Crippen LogP) is 2.54. The lowest BCUT2D eigenvalue weighted by atomic mass is 10.1. The van der Waals surface area contributed by atoms with Gasteiger partial charge in [0.1, 0.15) is 0 Å². The highest BCUT2D eigenvalue weighted by atomic mass is 16.6. The van der Waals surface area contributed by atoms with Crippen molar-refractivity contribution in [1.82, 2.24) is 5.32 Å². The van der Waals surface area contributed by atoms with Gasteiger partial charge in [-0.1, -0.05) is 30.3 Å². The van der Waals surface area contributed by atoms with E-state index in [1.54, 1.807) is 0 Å². The Morgan fingerprint density at radius 1 is 1.12 bits per heavy atom. The molecule has 0 saturated carbocycles. The summed E-state index contributed by atoms with van der Waals surface area (Å²) in [6.45, 7) is 0.836. The summed E-state index contributed by atoms with van der Waals surface area (Å²) in [5, 5.41) is 11.8. The molecular formula is C20H18N2O4. The number of hydrogen-bond donors (Lipinski definition) is 1. The molecule has 1 aliphatic heterocycles. The third-order valence-corrected chi connectivity index (χ3v) is 4.21. The topological polar surface area (TPSA) is 88.4 Å². The number of hydrogen-bond acceptors (Lipinski definition) is 6. The minimum Gasteiger partial charge on any atom is -0.386 e. The highest BCUT2D eigenvalue weighted by Crippen LogP contribution is 2.25. The van der Waals surface area contributed by atoms with E-state index in [0.29, 0.717) is 18.5 Å². The number of nitriles is 1. The molecule has 1 aliphatic rings. The summed E-state index contributed by atoms with van der Waals surface area (Å²) in [7, 11) is 0. The van der Waals surface area contributed by atoms with Gasteiger partial charge in [-0.05, 0) is 42.8 Å². The molecule has 1 fully saturated rings. The molecule has 1 atom stereocenters. The molecule has 0 unspecified atom stereocenters. The second-order valence-corrected chi connectivity index (χ2v) is 6.00. The van der Waals surface area contributed by atoms with Crippen molar-refractivity contribution >= 4 is 11.9 Å². The number of esters is 2. The first-order valence-corrected chi connectivity index (χ1v) is 8.33. The van der Waals surface area contributed by atoms with Gasteiger partial charge in [0.25, 0.3) is 0 Å². The van der Waals surface area contributed by atoms with E-state index in [2.05, 4.69) is 5.32 Å². The monoisotopic (exact) mass is 350 g/mol. The normalized spacial score (nSPS) is 18.9. The minimum atomic E-state index is -1.32. The molecule has 6 heteroatoms. The summed E-state index contributed by atoms with van der Waals surface area (Å²) in [5.41, 5.74) is 0.228. The fourth-order valence-corrected chi connectivity index (χ4v) is 2.76. The number of benzene rings is 2. The highest BCUT2D eigenvalue weighted by Gasteiger charge is 2.45. The van der Waals surface area contributed by atoms with Gasteiger partial charge in [-0.3, -0.25) is 5.32 Å². The van der Waals surface area contributed by atoms with Gasteiger partial charge in [-0.15, -0.1) is 0 Å². The van der Waals surface area contributed by atoms with Crippen molar-refractivity contribution in [2.45, 2.75) is 25.2 Å². The second-order valence-electron chi connectivity index (χ2n) is 6.00. The van der Waals surface area contributed by atoms with Crippen LogP contribution < -0.4 is 5.32 Å². The average Bonchev–Trinajstić information content (AvgIpc) is 3.17. The molecule has 0 spiro atoms. The van der Waals surface area contributed by atoms with Gasteiger partial charge in [0.15, 0.2) is 0 Å². The zero-order chi connectivity index (χ0) is 18.4. The minimum absolute atomic E-state index is 0.202. The van der Waals surface area contributed by atoms with Crippen LogP contribution in [0.4, 0.5) is 0 Å². The molecule has 0 aliphatic carbocycles. The summed E-state index contributed by atoms with van der Waals surface area (Å²) >= 11 is 0. The predicted molar refractivity (Wildman–Crippen MR) is 92.8 cm³/mol. The van der Waals surface area contributed by atoms with E-state index in [4.69, 9.17) is 14.7 Å². The maximum atomic E-state index is 12.6. The van der Waals surface area contributed by atoms with Crippen molar-refractivity contribution in [3.63, 3.8) is 0 Å². The van der Waals surface area contributed by atoms with Crippen molar-refractivity contribution in [2.75, 3.05) is 6.54 Å². The van der Waals surface area contributed by atoms with Gasteiger partial charge in [0.05, 0.1) is 23.8 Å². The van der Waals surface area contributed by atoms with E-state index < -0.39 is 17.7 Å². The summed E-state index contributed by atoms with van der Waals surface area (Å²) < 4.78 is 10.9. The fraction of sp³-hybridized carbons (Fsp3) is 0.250. The molecule has 0 bridgehead atoms. The van der Waals surface area contributed by atoms with E-state index in [-0.39, 0.29) is 12.2 Å². The highest BCUT2D eigenvalue weighted by molar-refractivity contribution is 5.99. The van der Waals surface area contributed by atoms with Crippen LogP contribution >= 0.6 is 0 Å². The Balaban J connectivity index is 1.68. The zero-order valence-electron chi connectivity index (χ0n) is 14.1. The molecule has 2 aromatic rings. The molecule has 1 N–H and O–H groups in total. The molecule has 3 rings (SSSR count). The quantitative estimate of drug-likeness (QED) is 0.658. The van der Waals surface area contributed by atoms with Crippen LogP contribution in [0.5, 0.6) is 0 Å². The van der Waals surface area contributed by atoms with Gasteiger partial charge in [0.2, 0.25) is 5.72 Å². The molecule has 26 heavy (non-hydrogen) atoms. The maximum Gasteiger partial charge on any atom is 0.361 e. The molecule has 2 aromatic carbocycles. The Hall–Kier alpha value is -3.01. The van der Waals surface area contributed by atoms with Crippen LogP contribution in [0.1, 0.15) is 34.3 Å². The number of carbonyl (C=O) groups is 2. The first kappa shape index (κ1) is 17.8. The maximum absolute atomic E-state index is 12.6. The first-order chi connectivity index (χ1) is 12.6. The van der Waals surface area contributed by atoms with Gasteiger partial charge in [-0.25, -0.2) is 9.59 Å². The molecule has 0 amide bonds. The van der Waals surface area contributed by atoms with Crippen LogP contribution in [0.25, 0.3) is 0 Å². The van der Waals surface area contributed by atoms with E-state index in [9.17, 15) is 9.59 Å². The molecule has 132 valence electrons. The van der Waals surface area contributed by atoms with Crippen molar-refractivity contribution in [1.29, 1.82) is 5.26 Å². The largest absolute Gasteiger partial charge is 0.386 e.